The maximum Gasteiger partial charge on any atom is 0.315 e. The molecular weight excluding hydrogens is 298 g/mol. The molecule has 0 aliphatic heterocycles. The van der Waals surface area contributed by atoms with Crippen LogP contribution < -0.4 is 10.6 Å². The predicted octanol–water partition coefficient (Wildman–Crippen LogP) is 1.80. The summed E-state index contributed by atoms with van der Waals surface area (Å²) in [4.78, 5) is 17.9. The smallest absolute Gasteiger partial charge is 0.315 e. The van der Waals surface area contributed by atoms with Crippen LogP contribution in [0, 0.1) is 0 Å². The van der Waals surface area contributed by atoms with E-state index < -0.39 is 0 Å². The number of thiazole rings is 1. The summed E-state index contributed by atoms with van der Waals surface area (Å²) >= 11 is 1.81. The van der Waals surface area contributed by atoms with Gasteiger partial charge in [0, 0.05) is 31.1 Å². The van der Waals surface area contributed by atoms with Gasteiger partial charge >= 0.3 is 6.03 Å². The second kappa shape index (κ2) is 6.91. The number of hydrogen-bond donors (Lipinski definition) is 2. The van der Waals surface area contributed by atoms with E-state index in [-0.39, 0.29) is 6.03 Å². The zero-order chi connectivity index (χ0) is 15.4. The predicted molar refractivity (Wildman–Crippen MR) is 85.9 cm³/mol. The van der Waals surface area contributed by atoms with Crippen molar-refractivity contribution < 1.29 is 4.79 Å². The monoisotopic (exact) mass is 319 g/mol. The number of urea groups is 1. The molecule has 0 bridgehead atoms. The van der Waals surface area contributed by atoms with Gasteiger partial charge < -0.3 is 10.6 Å². The first kappa shape index (κ1) is 15.0. The molecule has 2 N–H and O–H groups in total. The Labute approximate surface area is 133 Å². The Hall–Kier alpha value is -1.89. The molecule has 22 heavy (non-hydrogen) atoms. The van der Waals surface area contributed by atoms with Gasteiger partial charge in [-0.25, -0.2) is 9.78 Å². The van der Waals surface area contributed by atoms with Crippen molar-refractivity contribution in [1.82, 2.24) is 25.4 Å². The van der Waals surface area contributed by atoms with Crippen LogP contribution >= 0.6 is 11.3 Å². The van der Waals surface area contributed by atoms with Crippen LogP contribution in [0.25, 0.3) is 0 Å². The molecule has 7 heteroatoms. The van der Waals surface area contributed by atoms with Crippen molar-refractivity contribution in [2.24, 2.45) is 7.05 Å². The lowest BCUT2D eigenvalue weighted by molar-refractivity contribution is 0.240. The molecule has 2 amide bonds. The molecule has 0 unspecified atom stereocenters. The van der Waals surface area contributed by atoms with Crippen molar-refractivity contribution in [2.75, 3.05) is 6.54 Å². The number of carbonyl (C=O) groups excluding carboxylic acids is 1. The molecule has 0 saturated carbocycles. The average Bonchev–Trinajstić information content (AvgIpc) is 3.10. The number of fused-ring (bicyclic) bond motifs is 1. The second-order valence-electron chi connectivity index (χ2n) is 5.49. The second-order valence-corrected chi connectivity index (χ2v) is 6.66. The van der Waals surface area contributed by atoms with Crippen LogP contribution in [0.5, 0.6) is 0 Å². The molecule has 2 heterocycles. The highest BCUT2D eigenvalue weighted by Gasteiger charge is 2.14. The van der Waals surface area contributed by atoms with Gasteiger partial charge in [0.1, 0.15) is 0 Å². The fourth-order valence-corrected chi connectivity index (χ4v) is 3.76. The lowest BCUT2D eigenvalue weighted by Crippen LogP contribution is -2.36. The molecule has 0 atom stereocenters. The quantitative estimate of drug-likeness (QED) is 0.883. The summed E-state index contributed by atoms with van der Waals surface area (Å²) in [6.07, 6.45) is 7.35. The molecule has 6 nitrogen and oxygen atoms in total. The first-order valence-corrected chi connectivity index (χ1v) is 8.50. The lowest BCUT2D eigenvalue weighted by atomic mass is 10.0. The van der Waals surface area contributed by atoms with Crippen molar-refractivity contribution in [1.29, 1.82) is 0 Å². The number of aromatic nitrogens is 3. The summed E-state index contributed by atoms with van der Waals surface area (Å²) in [5.74, 6) is 0. The Kier molecular flexibility index (Phi) is 4.72. The highest BCUT2D eigenvalue weighted by Crippen LogP contribution is 2.26. The largest absolute Gasteiger partial charge is 0.338 e. The van der Waals surface area contributed by atoms with E-state index in [2.05, 4.69) is 20.7 Å². The van der Waals surface area contributed by atoms with E-state index in [0.717, 1.165) is 23.5 Å². The van der Waals surface area contributed by atoms with E-state index in [0.29, 0.717) is 13.1 Å². The van der Waals surface area contributed by atoms with Crippen LogP contribution in [-0.2, 0) is 32.9 Å². The average molecular weight is 319 g/mol. The summed E-state index contributed by atoms with van der Waals surface area (Å²) in [7, 11) is 1.86. The SMILES string of the molecule is Cn1nccc1CNC(=O)NCCc1nc2c(s1)CCCC2. The van der Waals surface area contributed by atoms with E-state index >= 15 is 0 Å². The number of aryl methyl sites for hydroxylation is 3. The Morgan fingerprint density at radius 3 is 3.00 bits per heavy atom. The first-order valence-electron chi connectivity index (χ1n) is 7.68. The van der Waals surface area contributed by atoms with E-state index in [9.17, 15) is 4.79 Å². The molecule has 3 rings (SSSR count). The molecule has 0 spiro atoms. The fraction of sp³-hybridized carbons (Fsp3) is 0.533. The van der Waals surface area contributed by atoms with Gasteiger partial charge in [0.2, 0.25) is 0 Å². The van der Waals surface area contributed by atoms with E-state index in [1.165, 1.54) is 29.8 Å². The topological polar surface area (TPSA) is 71.8 Å². The third-order valence-electron chi connectivity index (χ3n) is 3.87. The summed E-state index contributed by atoms with van der Waals surface area (Å²) < 4.78 is 1.75. The van der Waals surface area contributed by atoms with Crippen molar-refractivity contribution >= 4 is 17.4 Å². The van der Waals surface area contributed by atoms with E-state index in [4.69, 9.17) is 0 Å². The Bertz CT molecular complexity index is 625. The Morgan fingerprint density at radius 2 is 2.23 bits per heavy atom. The fourth-order valence-electron chi connectivity index (χ4n) is 2.60. The Morgan fingerprint density at radius 1 is 1.36 bits per heavy atom. The van der Waals surface area contributed by atoms with E-state index in [1.54, 1.807) is 22.2 Å². The minimum atomic E-state index is -0.150. The third-order valence-corrected chi connectivity index (χ3v) is 5.08. The van der Waals surface area contributed by atoms with Gasteiger partial charge in [0.05, 0.1) is 22.9 Å². The molecule has 0 fully saturated rings. The highest BCUT2D eigenvalue weighted by atomic mass is 32.1. The molecule has 0 radical (unpaired) electrons. The summed E-state index contributed by atoms with van der Waals surface area (Å²) in [6, 6.07) is 1.74. The van der Waals surface area contributed by atoms with E-state index in [1.807, 2.05) is 13.1 Å². The van der Waals surface area contributed by atoms with Gasteiger partial charge in [0.25, 0.3) is 0 Å². The van der Waals surface area contributed by atoms with Gasteiger partial charge in [-0.3, -0.25) is 4.68 Å². The number of nitrogens with zero attached hydrogens (tertiary/aromatic N) is 3. The van der Waals surface area contributed by atoms with Crippen molar-refractivity contribution in [3.63, 3.8) is 0 Å². The van der Waals surface area contributed by atoms with Crippen LogP contribution in [0.1, 0.15) is 34.1 Å². The van der Waals surface area contributed by atoms with Crippen LogP contribution in [0.2, 0.25) is 0 Å². The molecule has 2 aromatic rings. The zero-order valence-electron chi connectivity index (χ0n) is 12.8. The zero-order valence-corrected chi connectivity index (χ0v) is 13.6. The molecule has 2 aromatic heterocycles. The van der Waals surface area contributed by atoms with Crippen molar-refractivity contribution in [3.8, 4) is 0 Å². The summed E-state index contributed by atoms with van der Waals surface area (Å²) in [5.41, 5.74) is 2.26. The minimum absolute atomic E-state index is 0.150. The van der Waals surface area contributed by atoms with Gasteiger partial charge in [-0.2, -0.15) is 5.10 Å². The highest BCUT2D eigenvalue weighted by molar-refractivity contribution is 7.11. The molecule has 1 aliphatic rings. The number of rotatable bonds is 5. The van der Waals surface area contributed by atoms with Crippen LogP contribution in [0.3, 0.4) is 0 Å². The third kappa shape index (κ3) is 3.65. The van der Waals surface area contributed by atoms with Crippen molar-refractivity contribution in [3.05, 3.63) is 33.5 Å². The standard InChI is InChI=1S/C15H21N5OS/c1-20-11(6-9-18-20)10-17-15(21)16-8-7-14-19-12-4-2-3-5-13(12)22-14/h6,9H,2-5,7-8,10H2,1H3,(H2,16,17,21). The maximum atomic E-state index is 11.8. The number of amides is 2. The normalized spacial score (nSPS) is 13.7. The van der Waals surface area contributed by atoms with Gasteiger partial charge in [0.15, 0.2) is 0 Å². The van der Waals surface area contributed by atoms with Gasteiger partial charge in [-0.05, 0) is 31.7 Å². The van der Waals surface area contributed by atoms with Crippen LogP contribution in [-0.4, -0.2) is 27.3 Å². The van der Waals surface area contributed by atoms with Crippen LogP contribution in [0.4, 0.5) is 4.79 Å². The molecule has 1 aliphatic carbocycles. The summed E-state index contributed by atoms with van der Waals surface area (Å²) in [6.45, 7) is 1.09. The lowest BCUT2D eigenvalue weighted by Gasteiger charge is -2.07. The van der Waals surface area contributed by atoms with Crippen LogP contribution in [0.15, 0.2) is 12.3 Å². The molecular formula is C15H21N5OS. The molecule has 0 aromatic carbocycles. The molecule has 118 valence electrons. The number of hydrogen-bond acceptors (Lipinski definition) is 4. The minimum Gasteiger partial charge on any atom is -0.338 e. The maximum absolute atomic E-state index is 11.8. The van der Waals surface area contributed by atoms with Gasteiger partial charge in [-0.15, -0.1) is 11.3 Å². The van der Waals surface area contributed by atoms with Crippen molar-refractivity contribution in [2.45, 2.75) is 38.6 Å². The molecule has 0 saturated heterocycles. The number of nitrogens with one attached hydrogen (secondary N) is 2. The first-order chi connectivity index (χ1) is 10.7. The summed E-state index contributed by atoms with van der Waals surface area (Å²) in [5, 5.41) is 10.9. The van der Waals surface area contributed by atoms with Gasteiger partial charge in [-0.1, -0.05) is 0 Å². The Balaban J connectivity index is 1.40. The number of carbonyl (C=O) groups is 1.